The Bertz CT molecular complexity index is 1510. The number of hydrazone groups is 1. The average molecular weight is 569 g/mol. The summed E-state index contributed by atoms with van der Waals surface area (Å²) in [5.74, 6) is -1.45. The van der Waals surface area contributed by atoms with Crippen LogP contribution in [-0.4, -0.2) is 71.4 Å². The van der Waals surface area contributed by atoms with E-state index < -0.39 is 5.97 Å². The van der Waals surface area contributed by atoms with Gasteiger partial charge in [0.2, 0.25) is 0 Å². The molecule has 1 N–H and O–H groups in total. The van der Waals surface area contributed by atoms with Crippen LogP contribution in [0.2, 0.25) is 0 Å². The number of benzene rings is 3. The number of amides is 4. The van der Waals surface area contributed by atoms with Crippen molar-refractivity contribution in [1.82, 2.24) is 9.80 Å². The first-order valence-electron chi connectivity index (χ1n) is 13.5. The fourth-order valence-electron chi connectivity index (χ4n) is 4.72. The van der Waals surface area contributed by atoms with Gasteiger partial charge in [0.15, 0.2) is 0 Å². The summed E-state index contributed by atoms with van der Waals surface area (Å²) in [5, 5.41) is 4.22. The lowest BCUT2D eigenvalue weighted by atomic mass is 10.1. The van der Waals surface area contributed by atoms with Gasteiger partial charge in [0.1, 0.15) is 18.1 Å². The van der Waals surface area contributed by atoms with Gasteiger partial charge in [-0.15, -0.1) is 0 Å². The molecule has 0 radical (unpaired) electrons. The second kappa shape index (κ2) is 12.5. The van der Waals surface area contributed by atoms with Crippen LogP contribution in [-0.2, 0) is 9.53 Å². The van der Waals surface area contributed by atoms with Gasteiger partial charge in [-0.05, 0) is 61.9 Å². The topological polar surface area (TPSA) is 135 Å². The van der Waals surface area contributed by atoms with Crippen molar-refractivity contribution in [2.75, 3.05) is 31.7 Å². The Morgan fingerprint density at radius 2 is 1.24 bits per heavy atom. The molecule has 2 aliphatic rings. The number of esters is 1. The number of ether oxygens (including phenoxy) is 2. The fraction of sp³-hybridized carbons (Fsp3) is 0.226. The summed E-state index contributed by atoms with van der Waals surface area (Å²) >= 11 is 0. The molecule has 0 saturated carbocycles. The van der Waals surface area contributed by atoms with Gasteiger partial charge in [-0.3, -0.25) is 34.4 Å². The molecule has 0 atom stereocenters. The zero-order valence-corrected chi connectivity index (χ0v) is 22.9. The number of anilines is 1. The first-order valence-corrected chi connectivity index (χ1v) is 13.5. The molecule has 2 aliphatic heterocycles. The Labute approximate surface area is 241 Å². The number of rotatable bonds is 12. The van der Waals surface area contributed by atoms with Crippen molar-refractivity contribution in [3.05, 3.63) is 95.1 Å². The van der Waals surface area contributed by atoms with Gasteiger partial charge in [-0.25, -0.2) is 4.79 Å². The molecule has 42 heavy (non-hydrogen) atoms. The third kappa shape index (κ3) is 5.75. The van der Waals surface area contributed by atoms with Gasteiger partial charge in [-0.1, -0.05) is 24.3 Å². The van der Waals surface area contributed by atoms with E-state index in [4.69, 9.17) is 9.47 Å². The molecule has 11 nitrogen and oxygen atoms in total. The van der Waals surface area contributed by atoms with Gasteiger partial charge in [0.25, 0.3) is 23.6 Å². The molecule has 0 aromatic heterocycles. The number of carbonyl (C=O) groups is 5. The van der Waals surface area contributed by atoms with Crippen LogP contribution in [0.3, 0.4) is 0 Å². The zero-order valence-electron chi connectivity index (χ0n) is 22.9. The maximum atomic E-state index is 12.6. The minimum Gasteiger partial charge on any atom is -0.492 e. The van der Waals surface area contributed by atoms with Crippen LogP contribution in [0, 0.1) is 0 Å². The number of hydrogen-bond donors (Lipinski definition) is 1. The van der Waals surface area contributed by atoms with Crippen molar-refractivity contribution in [3.8, 4) is 5.75 Å². The van der Waals surface area contributed by atoms with Gasteiger partial charge in [0, 0.05) is 13.0 Å². The summed E-state index contributed by atoms with van der Waals surface area (Å²) in [6.45, 7) is 2.23. The van der Waals surface area contributed by atoms with E-state index in [9.17, 15) is 24.0 Å². The summed E-state index contributed by atoms with van der Waals surface area (Å²) < 4.78 is 10.8. The molecule has 11 heteroatoms. The molecule has 0 unspecified atom stereocenters. The van der Waals surface area contributed by atoms with E-state index in [1.165, 1.54) is 9.80 Å². The molecule has 0 aliphatic carbocycles. The molecule has 0 spiro atoms. The van der Waals surface area contributed by atoms with E-state index in [0.717, 1.165) is 0 Å². The first-order chi connectivity index (χ1) is 20.4. The van der Waals surface area contributed by atoms with Crippen LogP contribution in [0.5, 0.6) is 5.75 Å². The van der Waals surface area contributed by atoms with Crippen molar-refractivity contribution in [1.29, 1.82) is 0 Å². The summed E-state index contributed by atoms with van der Waals surface area (Å²) in [4.78, 5) is 65.0. The number of nitrogens with one attached hydrogen (secondary N) is 1. The summed E-state index contributed by atoms with van der Waals surface area (Å²) in [6, 6.07) is 20.1. The number of imide groups is 2. The Morgan fingerprint density at radius 1 is 0.738 bits per heavy atom. The van der Waals surface area contributed by atoms with Crippen molar-refractivity contribution in [2.45, 2.75) is 19.8 Å². The molecule has 2 heterocycles. The minimum atomic E-state index is -0.597. The number of hydrogen-bond acceptors (Lipinski definition) is 9. The van der Waals surface area contributed by atoms with Crippen molar-refractivity contribution in [3.63, 3.8) is 0 Å². The molecule has 0 saturated heterocycles. The molecule has 214 valence electrons. The van der Waals surface area contributed by atoms with E-state index in [1.54, 1.807) is 79.7 Å². The van der Waals surface area contributed by atoms with Crippen LogP contribution < -0.4 is 10.2 Å². The highest BCUT2D eigenvalue weighted by Crippen LogP contribution is 2.24. The first kappa shape index (κ1) is 28.2. The monoisotopic (exact) mass is 568 g/mol. The van der Waals surface area contributed by atoms with E-state index in [-0.39, 0.29) is 62.1 Å². The maximum absolute atomic E-state index is 12.6. The Kier molecular flexibility index (Phi) is 8.37. The van der Waals surface area contributed by atoms with Crippen LogP contribution in [0.15, 0.2) is 77.9 Å². The smallest absolute Gasteiger partial charge is 0.354 e. The quantitative estimate of drug-likeness (QED) is 0.151. The highest BCUT2D eigenvalue weighted by atomic mass is 16.5. The van der Waals surface area contributed by atoms with Crippen LogP contribution in [0.1, 0.15) is 61.2 Å². The minimum absolute atomic E-state index is 0.111. The predicted octanol–water partition coefficient (Wildman–Crippen LogP) is 3.77. The Hall–Kier alpha value is -5.32. The third-order valence-corrected chi connectivity index (χ3v) is 6.82. The van der Waals surface area contributed by atoms with Gasteiger partial charge < -0.3 is 9.47 Å². The van der Waals surface area contributed by atoms with Crippen LogP contribution in [0.4, 0.5) is 5.69 Å². The van der Waals surface area contributed by atoms with Gasteiger partial charge >= 0.3 is 5.97 Å². The van der Waals surface area contributed by atoms with E-state index in [2.05, 4.69) is 10.5 Å². The number of nitrogens with zero attached hydrogens (tertiary/aromatic N) is 3. The summed E-state index contributed by atoms with van der Waals surface area (Å²) in [5.41, 5.74) is 5.06. The lowest BCUT2D eigenvalue weighted by molar-refractivity contribution is -0.135. The number of fused-ring (bicyclic) bond motifs is 2. The normalized spacial score (nSPS) is 14.3. The van der Waals surface area contributed by atoms with Gasteiger partial charge in [-0.2, -0.15) is 5.10 Å². The second-order valence-corrected chi connectivity index (χ2v) is 9.48. The van der Waals surface area contributed by atoms with Gasteiger partial charge in [0.05, 0.1) is 41.1 Å². The molecule has 4 amide bonds. The lowest BCUT2D eigenvalue weighted by Crippen LogP contribution is -2.33. The van der Waals surface area contributed by atoms with Crippen LogP contribution in [0.25, 0.3) is 0 Å². The largest absolute Gasteiger partial charge is 0.492 e. The van der Waals surface area contributed by atoms with Crippen molar-refractivity contribution < 1.29 is 33.4 Å². The summed E-state index contributed by atoms with van der Waals surface area (Å²) in [7, 11) is 0. The Morgan fingerprint density at radius 3 is 1.74 bits per heavy atom. The molecule has 3 aromatic rings. The fourth-order valence-corrected chi connectivity index (χ4v) is 4.72. The standard InChI is InChI=1S/C31H28N4O7/c1-2-41-31(40)26(12-7-17-34-27(36)22-8-3-4-9-23(22)28(34)37)33-32-20-13-15-21(16-14-20)42-19-18-35-29(38)24-10-5-6-11-25(24)30(35)39/h3-6,8-11,13-16,32H,2,7,12,17-19H2,1H3. The highest BCUT2D eigenvalue weighted by Gasteiger charge is 2.35. The van der Waals surface area contributed by atoms with E-state index >= 15 is 0 Å². The predicted molar refractivity (Wildman–Crippen MR) is 152 cm³/mol. The molecule has 5 rings (SSSR count). The van der Waals surface area contributed by atoms with Crippen LogP contribution >= 0.6 is 0 Å². The highest BCUT2D eigenvalue weighted by molar-refractivity contribution is 6.36. The van der Waals surface area contributed by atoms with Crippen molar-refractivity contribution >= 4 is 41.0 Å². The molecular weight excluding hydrogens is 540 g/mol. The average Bonchev–Trinajstić information content (AvgIpc) is 3.40. The molecule has 0 bridgehead atoms. The molecular formula is C31H28N4O7. The second-order valence-electron chi connectivity index (χ2n) is 9.48. The van der Waals surface area contributed by atoms with E-state index in [0.29, 0.717) is 40.1 Å². The lowest BCUT2D eigenvalue weighted by Gasteiger charge is -2.15. The van der Waals surface area contributed by atoms with Crippen molar-refractivity contribution in [2.24, 2.45) is 5.10 Å². The maximum Gasteiger partial charge on any atom is 0.354 e. The SMILES string of the molecule is CCOC(=O)C(CCCN1C(=O)c2ccccc2C1=O)=NNc1ccc(OCCN2C(=O)c3ccccc3C2=O)cc1. The number of carbonyl (C=O) groups excluding carboxylic acids is 5. The molecule has 3 aromatic carbocycles. The van der Waals surface area contributed by atoms with E-state index in [1.807, 2.05) is 0 Å². The third-order valence-electron chi connectivity index (χ3n) is 6.82. The molecule has 0 fully saturated rings. The summed E-state index contributed by atoms with van der Waals surface area (Å²) in [6.07, 6.45) is 0.503. The Balaban J connectivity index is 1.13. The zero-order chi connectivity index (χ0) is 29.6.